The lowest BCUT2D eigenvalue weighted by molar-refractivity contribution is -0.137. The third-order valence-electron chi connectivity index (χ3n) is 3.49. The number of nitrogens with one attached hydrogen (secondary N) is 1. The third-order valence-corrected chi connectivity index (χ3v) is 3.49. The van der Waals surface area contributed by atoms with Gasteiger partial charge in [-0.05, 0) is 44.2 Å². The Kier molecular flexibility index (Phi) is 4.22. The minimum absolute atomic E-state index is 0.0744. The van der Waals surface area contributed by atoms with Crippen molar-refractivity contribution in [2.75, 3.05) is 5.32 Å². The summed E-state index contributed by atoms with van der Waals surface area (Å²) < 4.78 is 0. The maximum Gasteiger partial charge on any atom is 0.303 e. The smallest absolute Gasteiger partial charge is 0.303 e. The van der Waals surface area contributed by atoms with Crippen molar-refractivity contribution in [3.05, 3.63) is 22.9 Å². The molecule has 1 unspecified atom stereocenters. The zero-order chi connectivity index (χ0) is 14.7. The number of carboxylic acid groups (broad SMARTS) is 1. The number of carbonyl (C=O) groups is 2. The first-order valence-electron chi connectivity index (χ1n) is 6.78. The summed E-state index contributed by atoms with van der Waals surface area (Å²) >= 11 is 0. The molecule has 0 bridgehead atoms. The van der Waals surface area contributed by atoms with E-state index in [1.807, 2.05) is 13.0 Å². The standard InChI is InChI=1S/C14H19N3O3/c1-8(5-6-12(18)19)16-14-10(13(15)20)7-9-3-2-4-11(9)17-14/h7-8H,2-6H2,1H3,(H2,15,20)(H,16,17)(H,18,19). The van der Waals surface area contributed by atoms with Gasteiger partial charge in [0.25, 0.3) is 5.91 Å². The minimum atomic E-state index is -0.837. The molecule has 0 fully saturated rings. The average Bonchev–Trinajstić information content (AvgIpc) is 2.82. The van der Waals surface area contributed by atoms with Crippen LogP contribution in [-0.4, -0.2) is 28.0 Å². The van der Waals surface area contributed by atoms with Crippen LogP contribution in [0.1, 0.15) is 47.8 Å². The monoisotopic (exact) mass is 277 g/mol. The van der Waals surface area contributed by atoms with E-state index in [4.69, 9.17) is 10.8 Å². The SMILES string of the molecule is CC(CCC(=O)O)Nc1nc2c(cc1C(N)=O)CCC2. The van der Waals surface area contributed by atoms with Gasteiger partial charge in [0, 0.05) is 18.2 Å². The number of anilines is 1. The number of amides is 1. The lowest BCUT2D eigenvalue weighted by atomic mass is 10.1. The Balaban J connectivity index is 2.17. The van der Waals surface area contributed by atoms with Crippen LogP contribution in [0.5, 0.6) is 0 Å². The molecule has 1 aliphatic rings. The van der Waals surface area contributed by atoms with E-state index in [-0.39, 0.29) is 12.5 Å². The molecule has 6 heteroatoms. The molecule has 1 aliphatic carbocycles. The second-order valence-corrected chi connectivity index (χ2v) is 5.19. The highest BCUT2D eigenvalue weighted by atomic mass is 16.4. The van der Waals surface area contributed by atoms with Gasteiger partial charge in [-0.15, -0.1) is 0 Å². The number of carboxylic acids is 1. The van der Waals surface area contributed by atoms with Crippen LogP contribution >= 0.6 is 0 Å². The Labute approximate surface area is 117 Å². The van der Waals surface area contributed by atoms with Crippen LogP contribution in [-0.2, 0) is 17.6 Å². The Hall–Kier alpha value is -2.11. The third kappa shape index (κ3) is 3.26. The summed E-state index contributed by atoms with van der Waals surface area (Å²) in [5.74, 6) is -0.883. The molecule has 4 N–H and O–H groups in total. The maximum atomic E-state index is 11.5. The molecule has 0 saturated heterocycles. The van der Waals surface area contributed by atoms with Crippen LogP contribution in [0.2, 0.25) is 0 Å². The van der Waals surface area contributed by atoms with Crippen LogP contribution in [0.15, 0.2) is 6.07 Å². The molecule has 0 radical (unpaired) electrons. The van der Waals surface area contributed by atoms with E-state index in [1.54, 1.807) is 0 Å². The van der Waals surface area contributed by atoms with Gasteiger partial charge in [-0.1, -0.05) is 0 Å². The first-order valence-corrected chi connectivity index (χ1v) is 6.78. The van der Waals surface area contributed by atoms with Crippen LogP contribution in [0, 0.1) is 0 Å². The van der Waals surface area contributed by atoms with Crippen molar-refractivity contribution in [3.63, 3.8) is 0 Å². The highest BCUT2D eigenvalue weighted by molar-refractivity contribution is 5.97. The van der Waals surface area contributed by atoms with E-state index in [0.29, 0.717) is 17.8 Å². The van der Waals surface area contributed by atoms with E-state index >= 15 is 0 Å². The molecule has 1 aromatic rings. The van der Waals surface area contributed by atoms with E-state index < -0.39 is 11.9 Å². The summed E-state index contributed by atoms with van der Waals surface area (Å²) in [6.45, 7) is 1.86. The highest BCUT2D eigenvalue weighted by Gasteiger charge is 2.20. The predicted molar refractivity (Wildman–Crippen MR) is 74.7 cm³/mol. The first kappa shape index (κ1) is 14.3. The van der Waals surface area contributed by atoms with Crippen molar-refractivity contribution in [1.82, 2.24) is 4.98 Å². The molecule has 108 valence electrons. The number of hydrogen-bond donors (Lipinski definition) is 3. The summed E-state index contributed by atoms with van der Waals surface area (Å²) in [5.41, 5.74) is 7.86. The molecule has 0 spiro atoms. The number of primary amides is 1. The lowest BCUT2D eigenvalue weighted by Gasteiger charge is -2.16. The van der Waals surface area contributed by atoms with Crippen molar-refractivity contribution in [1.29, 1.82) is 0 Å². The number of fused-ring (bicyclic) bond motifs is 1. The van der Waals surface area contributed by atoms with E-state index in [9.17, 15) is 9.59 Å². The Morgan fingerprint density at radius 3 is 2.90 bits per heavy atom. The number of nitrogens with two attached hydrogens (primary N) is 1. The van der Waals surface area contributed by atoms with Crippen LogP contribution in [0.3, 0.4) is 0 Å². The van der Waals surface area contributed by atoms with Gasteiger partial charge in [0.05, 0.1) is 5.56 Å². The van der Waals surface area contributed by atoms with Gasteiger partial charge in [0.2, 0.25) is 0 Å². The van der Waals surface area contributed by atoms with Crippen molar-refractivity contribution >= 4 is 17.7 Å². The van der Waals surface area contributed by atoms with Crippen LogP contribution in [0.25, 0.3) is 0 Å². The quantitative estimate of drug-likeness (QED) is 0.727. The summed E-state index contributed by atoms with van der Waals surface area (Å²) in [6, 6.07) is 1.72. The van der Waals surface area contributed by atoms with Crippen molar-refractivity contribution in [3.8, 4) is 0 Å². The fourth-order valence-corrected chi connectivity index (χ4v) is 2.42. The molecule has 1 aromatic heterocycles. The summed E-state index contributed by atoms with van der Waals surface area (Å²) in [4.78, 5) is 26.6. The Morgan fingerprint density at radius 2 is 2.25 bits per heavy atom. The fourth-order valence-electron chi connectivity index (χ4n) is 2.42. The van der Waals surface area contributed by atoms with Gasteiger partial charge in [-0.25, -0.2) is 4.98 Å². The minimum Gasteiger partial charge on any atom is -0.481 e. The molecule has 0 aromatic carbocycles. The summed E-state index contributed by atoms with van der Waals surface area (Å²) in [7, 11) is 0. The second-order valence-electron chi connectivity index (χ2n) is 5.19. The molecule has 0 saturated carbocycles. The van der Waals surface area contributed by atoms with Gasteiger partial charge in [-0.2, -0.15) is 0 Å². The number of nitrogens with zero attached hydrogens (tertiary/aromatic N) is 1. The molecular weight excluding hydrogens is 258 g/mol. The number of pyridine rings is 1. The molecule has 2 rings (SSSR count). The maximum absolute atomic E-state index is 11.5. The largest absolute Gasteiger partial charge is 0.481 e. The lowest BCUT2D eigenvalue weighted by Crippen LogP contribution is -2.22. The van der Waals surface area contributed by atoms with E-state index in [0.717, 1.165) is 30.5 Å². The van der Waals surface area contributed by atoms with Crippen LogP contribution < -0.4 is 11.1 Å². The molecule has 1 amide bonds. The average molecular weight is 277 g/mol. The summed E-state index contributed by atoms with van der Waals surface area (Å²) in [6.07, 6.45) is 3.42. The fraction of sp³-hybridized carbons (Fsp3) is 0.500. The molecular formula is C14H19N3O3. The molecule has 20 heavy (non-hydrogen) atoms. The molecule has 6 nitrogen and oxygen atoms in total. The number of rotatable bonds is 6. The zero-order valence-corrected chi connectivity index (χ0v) is 11.5. The van der Waals surface area contributed by atoms with Crippen molar-refractivity contribution < 1.29 is 14.7 Å². The first-order chi connectivity index (χ1) is 9.47. The number of aliphatic carboxylic acids is 1. The van der Waals surface area contributed by atoms with E-state index in [1.165, 1.54) is 0 Å². The van der Waals surface area contributed by atoms with Gasteiger partial charge in [0.15, 0.2) is 0 Å². The normalized spacial score (nSPS) is 14.7. The molecule has 0 aliphatic heterocycles. The van der Waals surface area contributed by atoms with Gasteiger partial charge < -0.3 is 16.2 Å². The number of aryl methyl sites for hydroxylation is 2. The zero-order valence-electron chi connectivity index (χ0n) is 11.5. The van der Waals surface area contributed by atoms with Crippen molar-refractivity contribution in [2.45, 2.75) is 45.1 Å². The Morgan fingerprint density at radius 1 is 1.50 bits per heavy atom. The second kappa shape index (κ2) is 5.90. The summed E-state index contributed by atoms with van der Waals surface area (Å²) in [5, 5.41) is 11.8. The highest BCUT2D eigenvalue weighted by Crippen LogP contribution is 2.25. The topological polar surface area (TPSA) is 105 Å². The van der Waals surface area contributed by atoms with Gasteiger partial charge in [-0.3, -0.25) is 9.59 Å². The van der Waals surface area contributed by atoms with Gasteiger partial charge in [0.1, 0.15) is 5.82 Å². The molecule has 1 atom stereocenters. The van der Waals surface area contributed by atoms with Gasteiger partial charge >= 0.3 is 5.97 Å². The number of hydrogen-bond acceptors (Lipinski definition) is 4. The van der Waals surface area contributed by atoms with Crippen LogP contribution in [0.4, 0.5) is 5.82 Å². The number of aromatic nitrogens is 1. The predicted octanol–water partition coefficient (Wildman–Crippen LogP) is 1.33. The number of carbonyl (C=O) groups excluding carboxylic acids is 1. The Bertz CT molecular complexity index is 543. The van der Waals surface area contributed by atoms with E-state index in [2.05, 4.69) is 10.3 Å². The van der Waals surface area contributed by atoms with Crippen molar-refractivity contribution in [2.24, 2.45) is 5.73 Å². The molecule has 1 heterocycles.